The van der Waals surface area contributed by atoms with Crippen molar-refractivity contribution in [3.05, 3.63) is 17.0 Å². The second-order valence-corrected chi connectivity index (χ2v) is 6.67. The first-order chi connectivity index (χ1) is 8.93. The Kier molecular flexibility index (Phi) is 2.98. The van der Waals surface area contributed by atoms with E-state index in [1.54, 1.807) is 0 Å². The van der Waals surface area contributed by atoms with E-state index in [2.05, 4.69) is 31.2 Å². The molecule has 19 heavy (non-hydrogen) atoms. The SMILES string of the molecule is Cc1noc(C)c1C(C)NC1C2CCOC2C1(C)C. The van der Waals surface area contributed by atoms with E-state index in [1.165, 1.54) is 12.0 Å². The maximum Gasteiger partial charge on any atom is 0.138 e. The van der Waals surface area contributed by atoms with E-state index in [1.807, 2.05) is 13.8 Å². The monoisotopic (exact) mass is 264 g/mol. The van der Waals surface area contributed by atoms with Crippen molar-refractivity contribution in [2.45, 2.75) is 59.2 Å². The number of rotatable bonds is 3. The Morgan fingerprint density at radius 1 is 1.37 bits per heavy atom. The average Bonchev–Trinajstić information content (AvgIpc) is 2.92. The van der Waals surface area contributed by atoms with Gasteiger partial charge in [-0.05, 0) is 27.2 Å². The van der Waals surface area contributed by atoms with Crippen LogP contribution in [-0.4, -0.2) is 23.9 Å². The van der Waals surface area contributed by atoms with Gasteiger partial charge >= 0.3 is 0 Å². The van der Waals surface area contributed by atoms with Crippen LogP contribution in [0.5, 0.6) is 0 Å². The molecule has 1 aromatic rings. The average molecular weight is 264 g/mol. The van der Waals surface area contributed by atoms with Crippen LogP contribution >= 0.6 is 0 Å². The standard InChI is InChI=1S/C15H24N2O2/c1-8(12-9(2)17-19-10(12)3)16-13-11-6-7-18-14(11)15(13,4)5/h8,11,13-14,16H,6-7H2,1-5H3. The smallest absolute Gasteiger partial charge is 0.138 e. The van der Waals surface area contributed by atoms with Crippen LogP contribution in [0, 0.1) is 25.2 Å². The number of hydrogen-bond donors (Lipinski definition) is 1. The summed E-state index contributed by atoms with van der Waals surface area (Å²) in [7, 11) is 0. The highest BCUT2D eigenvalue weighted by molar-refractivity contribution is 5.25. The van der Waals surface area contributed by atoms with E-state index in [0.29, 0.717) is 18.1 Å². The summed E-state index contributed by atoms with van der Waals surface area (Å²) in [5, 5.41) is 7.83. The molecule has 0 spiro atoms. The summed E-state index contributed by atoms with van der Waals surface area (Å²) in [5.41, 5.74) is 2.42. The summed E-state index contributed by atoms with van der Waals surface area (Å²) in [6.07, 6.45) is 1.61. The quantitative estimate of drug-likeness (QED) is 0.912. The lowest BCUT2D eigenvalue weighted by Gasteiger charge is -2.55. The van der Waals surface area contributed by atoms with Gasteiger partial charge < -0.3 is 14.6 Å². The molecule has 0 amide bonds. The molecule has 1 N–H and O–H groups in total. The van der Waals surface area contributed by atoms with Gasteiger partial charge in [0.1, 0.15) is 5.76 Å². The lowest BCUT2D eigenvalue weighted by atomic mass is 9.57. The van der Waals surface area contributed by atoms with Gasteiger partial charge in [0, 0.05) is 35.6 Å². The largest absolute Gasteiger partial charge is 0.377 e. The van der Waals surface area contributed by atoms with Gasteiger partial charge in [0.05, 0.1) is 11.8 Å². The lowest BCUT2D eigenvalue weighted by Crippen LogP contribution is -2.66. The summed E-state index contributed by atoms with van der Waals surface area (Å²) in [6.45, 7) is 11.7. The molecule has 0 bridgehead atoms. The zero-order valence-electron chi connectivity index (χ0n) is 12.5. The Morgan fingerprint density at radius 3 is 2.74 bits per heavy atom. The van der Waals surface area contributed by atoms with Crippen LogP contribution in [-0.2, 0) is 4.74 Å². The molecule has 0 aromatic carbocycles. The molecule has 4 nitrogen and oxygen atoms in total. The second kappa shape index (κ2) is 4.32. The lowest BCUT2D eigenvalue weighted by molar-refractivity contribution is -0.115. The highest BCUT2D eigenvalue weighted by Crippen LogP contribution is 2.52. The number of aryl methyl sites for hydroxylation is 2. The molecule has 4 atom stereocenters. The van der Waals surface area contributed by atoms with E-state index in [-0.39, 0.29) is 11.5 Å². The molecule has 2 aliphatic rings. The van der Waals surface area contributed by atoms with Crippen molar-refractivity contribution < 1.29 is 9.26 Å². The molecule has 4 heteroatoms. The molecule has 106 valence electrons. The van der Waals surface area contributed by atoms with Gasteiger partial charge in [-0.2, -0.15) is 0 Å². The molecule has 3 rings (SSSR count). The number of ether oxygens (including phenoxy) is 1. The van der Waals surface area contributed by atoms with Crippen molar-refractivity contribution in [1.29, 1.82) is 0 Å². The fraction of sp³-hybridized carbons (Fsp3) is 0.800. The van der Waals surface area contributed by atoms with Crippen LogP contribution in [0.25, 0.3) is 0 Å². The molecule has 1 aliphatic carbocycles. The predicted octanol–water partition coefficient (Wildman–Crippen LogP) is 2.76. The Hall–Kier alpha value is -0.870. The van der Waals surface area contributed by atoms with Crippen molar-refractivity contribution in [2.75, 3.05) is 6.61 Å². The maximum atomic E-state index is 5.85. The molecule has 0 radical (unpaired) electrons. The van der Waals surface area contributed by atoms with Gasteiger partial charge in [-0.15, -0.1) is 0 Å². The molecular weight excluding hydrogens is 240 g/mol. The van der Waals surface area contributed by atoms with Gasteiger partial charge in [0.2, 0.25) is 0 Å². The summed E-state index contributed by atoms with van der Waals surface area (Å²) >= 11 is 0. The highest BCUT2D eigenvalue weighted by Gasteiger charge is 2.59. The molecule has 1 saturated carbocycles. The van der Waals surface area contributed by atoms with Crippen LogP contribution in [0.4, 0.5) is 0 Å². The normalized spacial score (nSPS) is 33.8. The van der Waals surface area contributed by atoms with Gasteiger partial charge in [0.25, 0.3) is 0 Å². The predicted molar refractivity (Wildman–Crippen MR) is 72.9 cm³/mol. The fourth-order valence-electron chi connectivity index (χ4n) is 4.12. The first-order valence-corrected chi connectivity index (χ1v) is 7.23. The first kappa shape index (κ1) is 13.1. The minimum atomic E-state index is 0.217. The molecule has 1 aromatic heterocycles. The third kappa shape index (κ3) is 1.84. The summed E-state index contributed by atoms with van der Waals surface area (Å²) in [5.74, 6) is 1.59. The Bertz CT molecular complexity index is 461. The topological polar surface area (TPSA) is 47.3 Å². The van der Waals surface area contributed by atoms with Crippen LogP contribution in [0.3, 0.4) is 0 Å². The van der Waals surface area contributed by atoms with Crippen molar-refractivity contribution in [3.8, 4) is 0 Å². The van der Waals surface area contributed by atoms with E-state index in [0.717, 1.165) is 18.1 Å². The van der Waals surface area contributed by atoms with Crippen LogP contribution in [0.1, 0.15) is 50.3 Å². The fourth-order valence-corrected chi connectivity index (χ4v) is 4.12. The van der Waals surface area contributed by atoms with Gasteiger partial charge in [0.15, 0.2) is 0 Å². The number of nitrogens with zero attached hydrogens (tertiary/aromatic N) is 1. The maximum absolute atomic E-state index is 5.85. The van der Waals surface area contributed by atoms with Gasteiger partial charge in [-0.1, -0.05) is 19.0 Å². The zero-order valence-corrected chi connectivity index (χ0v) is 12.5. The first-order valence-electron chi connectivity index (χ1n) is 7.23. The summed E-state index contributed by atoms with van der Waals surface area (Å²) < 4.78 is 11.1. The molecular formula is C15H24N2O2. The van der Waals surface area contributed by atoms with Gasteiger partial charge in [-0.3, -0.25) is 0 Å². The second-order valence-electron chi connectivity index (χ2n) is 6.67. The van der Waals surface area contributed by atoms with Crippen molar-refractivity contribution >= 4 is 0 Å². The van der Waals surface area contributed by atoms with Crippen LogP contribution < -0.4 is 5.32 Å². The molecule has 2 fully saturated rings. The molecule has 1 saturated heterocycles. The third-order valence-corrected chi connectivity index (χ3v) is 5.05. The zero-order chi connectivity index (χ0) is 13.8. The molecule has 1 aliphatic heterocycles. The van der Waals surface area contributed by atoms with Crippen molar-refractivity contribution in [1.82, 2.24) is 10.5 Å². The Labute approximate surface area is 114 Å². The van der Waals surface area contributed by atoms with E-state index in [9.17, 15) is 0 Å². The third-order valence-electron chi connectivity index (χ3n) is 5.05. The molecule has 4 unspecified atom stereocenters. The summed E-state index contributed by atoms with van der Waals surface area (Å²) in [4.78, 5) is 0. The number of aromatic nitrogens is 1. The highest BCUT2D eigenvalue weighted by atomic mass is 16.5. The van der Waals surface area contributed by atoms with Crippen molar-refractivity contribution in [2.24, 2.45) is 11.3 Å². The van der Waals surface area contributed by atoms with E-state index < -0.39 is 0 Å². The van der Waals surface area contributed by atoms with Crippen molar-refractivity contribution in [3.63, 3.8) is 0 Å². The number of nitrogens with one attached hydrogen (secondary N) is 1. The Balaban J connectivity index is 1.75. The minimum Gasteiger partial charge on any atom is -0.377 e. The number of fused-ring (bicyclic) bond motifs is 1. The Morgan fingerprint density at radius 2 is 2.11 bits per heavy atom. The van der Waals surface area contributed by atoms with Crippen LogP contribution in [0.2, 0.25) is 0 Å². The summed E-state index contributed by atoms with van der Waals surface area (Å²) in [6, 6.07) is 0.792. The minimum absolute atomic E-state index is 0.217. The molecule has 2 heterocycles. The number of hydrogen-bond acceptors (Lipinski definition) is 4. The van der Waals surface area contributed by atoms with E-state index >= 15 is 0 Å². The van der Waals surface area contributed by atoms with E-state index in [4.69, 9.17) is 9.26 Å². The van der Waals surface area contributed by atoms with Crippen LogP contribution in [0.15, 0.2) is 4.52 Å². The van der Waals surface area contributed by atoms with Gasteiger partial charge in [-0.25, -0.2) is 0 Å².